The second kappa shape index (κ2) is 33.4. The van der Waals surface area contributed by atoms with Gasteiger partial charge >= 0.3 is 61.6 Å². The largest absolute Gasteiger partial charge is 0.472 e. The van der Waals surface area contributed by atoms with Gasteiger partial charge in [-0.05, 0) is 38.3 Å². The van der Waals surface area contributed by atoms with Crippen molar-refractivity contribution >= 4 is 67.5 Å². The van der Waals surface area contributed by atoms with Crippen LogP contribution in [-0.4, -0.2) is 186 Å². The number of anilines is 3. The van der Waals surface area contributed by atoms with Gasteiger partial charge in [-0.3, -0.25) is 78.6 Å². The molecule has 0 bridgehead atoms. The van der Waals surface area contributed by atoms with E-state index in [0.717, 1.165) is 30.7 Å². The predicted molar refractivity (Wildman–Crippen MR) is 360 cm³/mol. The van der Waals surface area contributed by atoms with Crippen LogP contribution in [0.2, 0.25) is 0 Å². The fourth-order valence-corrected chi connectivity index (χ4v) is 16.8. The Bertz CT molecular complexity index is 5010. The summed E-state index contributed by atoms with van der Waals surface area (Å²) in [6.07, 6.45) is -9.72. The molecule has 11 heterocycles. The summed E-state index contributed by atoms with van der Waals surface area (Å²) in [7, 11) is -26.7. The Morgan fingerprint density at radius 3 is 1.58 bits per heavy atom. The summed E-state index contributed by atoms with van der Waals surface area (Å²) in [5, 5.41) is 10.9. The molecular formula is C56H72N15O31P5. The summed E-state index contributed by atoms with van der Waals surface area (Å²) in [4.78, 5) is 166. The first kappa shape index (κ1) is 80.6. The number of aryl methyl sites for hydroxylation is 1. The Labute approximate surface area is 600 Å². The lowest BCUT2D eigenvalue weighted by atomic mass is 10.0. The number of aromatic amines is 2. The van der Waals surface area contributed by atoms with Gasteiger partial charge in [-0.25, -0.2) is 52.4 Å². The normalized spacial score (nSPS) is 28.2. The summed E-state index contributed by atoms with van der Waals surface area (Å²) in [5.41, 5.74) is 11.7. The molecule has 107 heavy (non-hydrogen) atoms. The maximum Gasteiger partial charge on any atom is 0.472 e. The molecule has 0 saturated carbocycles. The minimum Gasteiger partial charge on any atom is -0.390 e. The second-order valence-corrected chi connectivity index (χ2v) is 32.2. The van der Waals surface area contributed by atoms with Gasteiger partial charge in [-0.15, -0.1) is 12.3 Å². The van der Waals surface area contributed by atoms with Gasteiger partial charge in [-0.2, -0.15) is 9.97 Å². The molecule has 5 saturated heterocycles. The smallest absolute Gasteiger partial charge is 0.390 e. The lowest BCUT2D eigenvalue weighted by molar-refractivity contribution is -0.0633. The number of aliphatic hydroxyl groups excluding tert-OH is 1. The molecular weight excluding hydrogens is 1530 g/mol. The molecule has 0 radical (unpaired) electrons. The molecule has 51 heteroatoms. The van der Waals surface area contributed by atoms with Gasteiger partial charge in [0.1, 0.15) is 103 Å². The Morgan fingerprint density at radius 2 is 1.04 bits per heavy atom. The molecule has 5 aliphatic heterocycles. The monoisotopic (exact) mass is 1610 g/mol. The minimum absolute atomic E-state index is 0.0345. The van der Waals surface area contributed by atoms with E-state index in [1.54, 1.807) is 0 Å². The summed E-state index contributed by atoms with van der Waals surface area (Å²) >= 11 is 0. The van der Waals surface area contributed by atoms with Crippen LogP contribution in [0, 0.1) is 37.0 Å². The molecule has 0 aromatic carbocycles. The van der Waals surface area contributed by atoms with E-state index in [1.165, 1.54) is 48.7 Å². The number of aromatic nitrogens is 12. The van der Waals surface area contributed by atoms with Gasteiger partial charge < -0.3 is 79.9 Å². The van der Waals surface area contributed by atoms with Crippen LogP contribution in [0.15, 0.2) is 78.3 Å². The van der Waals surface area contributed by atoms with Crippen LogP contribution in [0.3, 0.4) is 0 Å². The maximum absolute atomic E-state index is 14.3. The van der Waals surface area contributed by atoms with Crippen LogP contribution < -0.4 is 51.1 Å². The highest BCUT2D eigenvalue weighted by molar-refractivity contribution is 7.52. The van der Waals surface area contributed by atoms with E-state index in [4.69, 9.17) is 79.0 Å². The molecule has 46 nitrogen and oxygen atoms in total. The molecule has 19 atom stereocenters. The average Bonchev–Trinajstić information content (AvgIpc) is 1.67. The molecule has 9 unspecified atom stereocenters. The molecule has 6 aromatic heterocycles. The number of hydrogen-bond donors (Lipinski definition) is 12. The van der Waals surface area contributed by atoms with E-state index < -0.39 is 223 Å². The number of ether oxygens (including phenoxy) is 5. The SMILES string of the molecule is C#CCCCCC#Cc1cn([C@H]2CC(OP(=O)(O)OC[C@H]3O[C@@H](n4cc(C)c(=O)[nH]c4=O)CC3OP(=O)(O)OC[C@H]3O[C@@H](n4ccc(N)nc4=O)CC3OP(=O)(O)OC[C@H]3O[C@@H](n4cnc5c(N)ncnc54)CC3O)[C@@H](COP(=O)(O)CC3C[C@H](n4ccc(N)nc4=O)O[C@@H]3COP(=O)(O)O)O2)c(=O)[nH]c1=O. The van der Waals surface area contributed by atoms with Crippen LogP contribution in [0.1, 0.15) is 100 Å². The fraction of sp³-hybridized carbons (Fsp3) is 0.554. The first-order chi connectivity index (χ1) is 50.5. The third-order valence-electron chi connectivity index (χ3n) is 17.3. The molecule has 582 valence electrons. The van der Waals surface area contributed by atoms with E-state index in [2.05, 4.69) is 57.2 Å². The third-order valence-corrected chi connectivity index (χ3v) is 22.3. The van der Waals surface area contributed by atoms with Crippen LogP contribution in [0.4, 0.5) is 17.5 Å². The number of nitrogens with zero attached hydrogens (tertiary/aromatic N) is 10. The first-order valence-electron chi connectivity index (χ1n) is 32.3. The highest BCUT2D eigenvalue weighted by atomic mass is 31.2. The molecule has 15 N–H and O–H groups in total. The number of imidazole rings is 1. The van der Waals surface area contributed by atoms with E-state index in [-0.39, 0.29) is 59.0 Å². The van der Waals surface area contributed by atoms with Gasteiger partial charge in [0.05, 0.1) is 57.7 Å². The molecule has 0 spiro atoms. The van der Waals surface area contributed by atoms with Crippen molar-refractivity contribution < 1.29 is 117 Å². The maximum atomic E-state index is 14.3. The molecule has 0 amide bonds. The number of unbranched alkanes of at least 4 members (excludes halogenated alkanes) is 3. The van der Waals surface area contributed by atoms with Crippen molar-refractivity contribution in [1.82, 2.24) is 57.7 Å². The third kappa shape index (κ3) is 20.5. The quantitative estimate of drug-likeness (QED) is 0.0145. The van der Waals surface area contributed by atoms with Crippen molar-refractivity contribution in [2.75, 3.05) is 56.4 Å². The number of fused-ring (bicyclic) bond motifs is 1. The second-order valence-electron chi connectivity index (χ2n) is 24.8. The number of rotatable bonds is 31. The fourth-order valence-electron chi connectivity index (χ4n) is 12.1. The van der Waals surface area contributed by atoms with E-state index >= 15 is 0 Å². The van der Waals surface area contributed by atoms with Crippen molar-refractivity contribution in [2.45, 2.75) is 151 Å². The number of terminal acetylenes is 1. The topological polar surface area (TPSA) is 648 Å². The number of aliphatic hydroxyl groups is 1. The van der Waals surface area contributed by atoms with Gasteiger partial charge in [0.2, 0.25) is 0 Å². The van der Waals surface area contributed by atoms with Crippen LogP contribution in [-0.2, 0) is 82.7 Å². The lowest BCUT2D eigenvalue weighted by Gasteiger charge is -2.26. The number of nitrogen functional groups attached to an aromatic ring is 3. The highest BCUT2D eigenvalue weighted by Gasteiger charge is 2.50. The molecule has 5 aliphatic rings. The minimum atomic E-state index is -5.63. The summed E-state index contributed by atoms with van der Waals surface area (Å²) in [5.74, 6) is 6.50. The van der Waals surface area contributed by atoms with Crippen molar-refractivity contribution in [1.29, 1.82) is 0 Å². The van der Waals surface area contributed by atoms with Crippen molar-refractivity contribution in [2.24, 2.45) is 5.92 Å². The standard InChI is InChI=1S/C56H72N15O31P5/c1-3-4-5-6-7-8-9-30-20-70(56(78)66-52(30)74)47-18-34(38(98-47)23-90-103(79,80)26-31-14-43(67-12-10-41(57)63-53(67)75)95-36(31)21-91-104(81,82)83)101-106(86,87)94-25-40-35(17-46(99-40)69-19-29(2)51(73)65-55(69)77)102-107(88,89)93-24-39-33(16-45(97-39)68-13-11-42(58)64-54(68)76)100-105(84,85)92-22-37-32(72)15-44(96-37)71-28-62-48-49(59)60-27-61-50(48)71/h1,10-13,19-20,27-28,31-40,43-47,72H,4-7,14-18,21-26H2,2H3,(H,79,80)(H,84,85)(H,86,87)(H,88,89)(H2,57,63,75)(H2,58,64,76)(H2,59,60,61)(H,65,73,77)(H,66,74,78)(H2,81,82,83)/t31?,32?,33?,34?,35?,36-,37-,38-,39-,40-,43-,44-,45-,46-,47-/m1/s1. The average molecular weight is 1610 g/mol. The lowest BCUT2D eigenvalue weighted by Crippen LogP contribution is -2.33. The number of phosphoric acid groups is 4. The molecule has 11 rings (SSSR count). The first-order valence-corrected chi connectivity index (χ1v) is 40.1. The summed E-state index contributed by atoms with van der Waals surface area (Å²) in [6.45, 7) is -3.54. The number of hydrogen-bond acceptors (Lipinski definition) is 33. The Hall–Kier alpha value is -7.46. The van der Waals surface area contributed by atoms with Crippen molar-refractivity contribution in [3.8, 4) is 24.2 Å². The zero-order chi connectivity index (χ0) is 77.1. The van der Waals surface area contributed by atoms with Gasteiger partial charge in [0, 0.05) is 74.8 Å². The summed E-state index contributed by atoms with van der Waals surface area (Å²) in [6, 6.07) is 2.46. The van der Waals surface area contributed by atoms with Crippen LogP contribution in [0.25, 0.3) is 11.2 Å². The zero-order valence-corrected chi connectivity index (χ0v) is 60.3. The van der Waals surface area contributed by atoms with E-state index in [9.17, 15) is 86.1 Å². The zero-order valence-electron chi connectivity index (χ0n) is 55.8. The van der Waals surface area contributed by atoms with Crippen LogP contribution in [0.5, 0.6) is 0 Å². The number of nitrogens with two attached hydrogens (primary N) is 3. The number of phosphoric ester groups is 4. The molecule has 5 fully saturated rings. The van der Waals surface area contributed by atoms with Crippen LogP contribution >= 0.6 is 38.9 Å². The molecule has 6 aromatic rings. The molecule has 0 aliphatic carbocycles. The van der Waals surface area contributed by atoms with E-state index in [1.807, 2.05) is 0 Å². The van der Waals surface area contributed by atoms with E-state index in [0.29, 0.717) is 19.3 Å². The van der Waals surface area contributed by atoms with Crippen molar-refractivity contribution in [3.05, 3.63) is 123 Å². The summed E-state index contributed by atoms with van der Waals surface area (Å²) < 4.78 is 146. The number of H-pyrrole nitrogens is 2. The Morgan fingerprint density at radius 1 is 0.570 bits per heavy atom. The van der Waals surface area contributed by atoms with Gasteiger partial charge in [-0.1, -0.05) is 11.8 Å². The predicted octanol–water partition coefficient (Wildman–Crippen LogP) is -0.727. The van der Waals surface area contributed by atoms with Gasteiger partial charge in [0.15, 0.2) is 11.5 Å². The van der Waals surface area contributed by atoms with Gasteiger partial charge in [0.25, 0.3) is 11.1 Å². The van der Waals surface area contributed by atoms with Crippen molar-refractivity contribution in [3.63, 3.8) is 0 Å². The number of nitrogens with one attached hydrogen (secondary N) is 2. The highest BCUT2D eigenvalue weighted by Crippen LogP contribution is 2.55. The Balaban J connectivity index is 0.798. The Kier molecular flexibility index (Phi) is 25.1.